The molecule has 0 unspecified atom stereocenters. The van der Waals surface area contributed by atoms with E-state index in [4.69, 9.17) is 0 Å². The Balaban J connectivity index is 1.53. The highest BCUT2D eigenvalue weighted by Crippen LogP contribution is 2.21. The molecule has 1 heterocycles. The standard InChI is InChI=1S/C21H22N4O2S/c1-15-14-28-20(23-15)12-18(26)24-25-19(27)13-22-21(16-8-4-2-5-9-16)17-10-6-3-7-11-17/h2-11,14,21-22H,12-13H2,1H3,(H,24,26)(H,25,27). The number of hydrogen-bond donors (Lipinski definition) is 3. The lowest BCUT2D eigenvalue weighted by Crippen LogP contribution is -2.46. The van der Waals surface area contributed by atoms with Crippen LogP contribution in [0.5, 0.6) is 0 Å². The Morgan fingerprint density at radius 1 is 0.929 bits per heavy atom. The summed E-state index contributed by atoms with van der Waals surface area (Å²) in [5.74, 6) is -0.620. The van der Waals surface area contributed by atoms with E-state index in [-0.39, 0.29) is 30.8 Å². The minimum atomic E-state index is -0.319. The van der Waals surface area contributed by atoms with Crippen molar-refractivity contribution < 1.29 is 9.59 Å². The van der Waals surface area contributed by atoms with Crippen LogP contribution < -0.4 is 16.2 Å². The summed E-state index contributed by atoms with van der Waals surface area (Å²) < 4.78 is 0. The van der Waals surface area contributed by atoms with Crippen molar-refractivity contribution in [3.63, 3.8) is 0 Å². The third-order valence-corrected chi connectivity index (χ3v) is 5.02. The number of aryl methyl sites for hydroxylation is 1. The molecular weight excluding hydrogens is 372 g/mol. The SMILES string of the molecule is Cc1csc(CC(=O)NNC(=O)CNC(c2ccccc2)c2ccccc2)n1. The Kier molecular flexibility index (Phi) is 6.89. The summed E-state index contributed by atoms with van der Waals surface area (Å²) in [4.78, 5) is 28.3. The lowest BCUT2D eigenvalue weighted by atomic mass is 9.99. The number of hydrazine groups is 1. The second kappa shape index (κ2) is 9.77. The predicted molar refractivity (Wildman–Crippen MR) is 110 cm³/mol. The molecule has 2 amide bonds. The van der Waals surface area contributed by atoms with Gasteiger partial charge in [0.25, 0.3) is 5.91 Å². The van der Waals surface area contributed by atoms with Gasteiger partial charge in [-0.25, -0.2) is 4.98 Å². The summed E-state index contributed by atoms with van der Waals surface area (Å²) >= 11 is 1.42. The Labute approximate surface area is 168 Å². The highest BCUT2D eigenvalue weighted by molar-refractivity contribution is 7.09. The van der Waals surface area contributed by atoms with Crippen molar-refractivity contribution in [2.45, 2.75) is 19.4 Å². The number of nitrogens with zero attached hydrogens (tertiary/aromatic N) is 1. The Hall–Kier alpha value is -3.03. The molecule has 3 aromatic rings. The molecule has 0 aliphatic carbocycles. The van der Waals surface area contributed by atoms with Gasteiger partial charge in [-0.3, -0.25) is 25.8 Å². The van der Waals surface area contributed by atoms with Gasteiger partial charge in [-0.05, 0) is 18.1 Å². The molecule has 7 heteroatoms. The van der Waals surface area contributed by atoms with Crippen LogP contribution in [0, 0.1) is 6.92 Å². The maximum Gasteiger partial charge on any atom is 0.252 e. The van der Waals surface area contributed by atoms with E-state index in [0.29, 0.717) is 0 Å². The van der Waals surface area contributed by atoms with Gasteiger partial charge >= 0.3 is 0 Å². The van der Waals surface area contributed by atoms with Crippen molar-refractivity contribution in [2.75, 3.05) is 6.54 Å². The Morgan fingerprint density at radius 2 is 1.50 bits per heavy atom. The van der Waals surface area contributed by atoms with Crippen LogP contribution in [0.1, 0.15) is 27.9 Å². The molecule has 28 heavy (non-hydrogen) atoms. The van der Waals surface area contributed by atoms with Crippen LogP contribution in [-0.2, 0) is 16.0 Å². The Bertz CT molecular complexity index is 873. The summed E-state index contributed by atoms with van der Waals surface area (Å²) in [5, 5.41) is 5.86. The predicted octanol–water partition coefficient (Wildman–Crippen LogP) is 2.52. The van der Waals surface area contributed by atoms with Gasteiger partial charge in [0.1, 0.15) is 5.01 Å². The highest BCUT2D eigenvalue weighted by atomic mass is 32.1. The van der Waals surface area contributed by atoms with Gasteiger partial charge in [0, 0.05) is 11.1 Å². The zero-order chi connectivity index (χ0) is 19.8. The summed E-state index contributed by atoms with van der Waals surface area (Å²) in [6, 6.07) is 19.7. The maximum atomic E-state index is 12.2. The molecular formula is C21H22N4O2S. The molecule has 0 saturated carbocycles. The second-order valence-corrected chi connectivity index (χ2v) is 7.23. The first kappa shape index (κ1) is 19.7. The molecule has 0 aliphatic heterocycles. The molecule has 6 nitrogen and oxygen atoms in total. The smallest absolute Gasteiger partial charge is 0.252 e. The molecule has 2 aromatic carbocycles. The summed E-state index contributed by atoms with van der Waals surface area (Å²) in [5.41, 5.74) is 7.88. The van der Waals surface area contributed by atoms with Crippen LogP contribution >= 0.6 is 11.3 Å². The topological polar surface area (TPSA) is 83.1 Å². The number of amides is 2. The summed E-state index contributed by atoms with van der Waals surface area (Å²) in [7, 11) is 0. The average molecular weight is 395 g/mol. The molecule has 0 fully saturated rings. The largest absolute Gasteiger partial charge is 0.298 e. The van der Waals surface area contributed by atoms with E-state index in [0.717, 1.165) is 21.8 Å². The van der Waals surface area contributed by atoms with Crippen LogP contribution in [0.15, 0.2) is 66.0 Å². The van der Waals surface area contributed by atoms with E-state index in [1.807, 2.05) is 73.0 Å². The fourth-order valence-electron chi connectivity index (χ4n) is 2.76. The molecule has 0 radical (unpaired) electrons. The lowest BCUT2D eigenvalue weighted by molar-refractivity contribution is -0.128. The first-order valence-electron chi connectivity index (χ1n) is 8.94. The molecule has 1 aromatic heterocycles. The molecule has 0 bridgehead atoms. The number of thiazole rings is 1. The highest BCUT2D eigenvalue weighted by Gasteiger charge is 2.15. The Morgan fingerprint density at radius 3 is 2.04 bits per heavy atom. The van der Waals surface area contributed by atoms with Crippen LogP contribution in [0.25, 0.3) is 0 Å². The molecule has 3 rings (SSSR count). The first-order chi connectivity index (χ1) is 13.6. The van der Waals surface area contributed by atoms with Gasteiger partial charge in [0.05, 0.1) is 19.0 Å². The van der Waals surface area contributed by atoms with Gasteiger partial charge in [-0.1, -0.05) is 60.7 Å². The maximum absolute atomic E-state index is 12.2. The van der Waals surface area contributed by atoms with Crippen LogP contribution in [-0.4, -0.2) is 23.3 Å². The van der Waals surface area contributed by atoms with Gasteiger partial charge in [-0.15, -0.1) is 11.3 Å². The lowest BCUT2D eigenvalue weighted by Gasteiger charge is -2.19. The van der Waals surface area contributed by atoms with E-state index >= 15 is 0 Å². The van der Waals surface area contributed by atoms with Gasteiger partial charge < -0.3 is 0 Å². The third-order valence-electron chi connectivity index (χ3n) is 4.05. The monoisotopic (exact) mass is 394 g/mol. The zero-order valence-corrected chi connectivity index (χ0v) is 16.3. The molecule has 0 spiro atoms. The molecule has 3 N–H and O–H groups in total. The number of aromatic nitrogens is 1. The molecule has 0 aliphatic rings. The molecule has 0 atom stereocenters. The number of hydrogen-bond acceptors (Lipinski definition) is 5. The van der Waals surface area contributed by atoms with Gasteiger partial charge in [-0.2, -0.15) is 0 Å². The number of nitrogens with one attached hydrogen (secondary N) is 3. The van der Waals surface area contributed by atoms with Crippen LogP contribution in [0.3, 0.4) is 0 Å². The van der Waals surface area contributed by atoms with Gasteiger partial charge in [0.2, 0.25) is 5.91 Å². The second-order valence-electron chi connectivity index (χ2n) is 6.29. The van der Waals surface area contributed by atoms with Crippen molar-refractivity contribution >= 4 is 23.2 Å². The minimum absolute atomic E-state index is 0.0606. The van der Waals surface area contributed by atoms with Crippen LogP contribution in [0.2, 0.25) is 0 Å². The third kappa shape index (κ3) is 5.73. The molecule has 144 valence electrons. The van der Waals surface area contributed by atoms with Crippen molar-refractivity contribution in [3.8, 4) is 0 Å². The molecule has 0 saturated heterocycles. The van der Waals surface area contributed by atoms with E-state index < -0.39 is 0 Å². The van der Waals surface area contributed by atoms with Crippen molar-refractivity contribution in [2.24, 2.45) is 0 Å². The van der Waals surface area contributed by atoms with E-state index in [1.54, 1.807) is 0 Å². The fourth-order valence-corrected chi connectivity index (χ4v) is 3.53. The summed E-state index contributed by atoms with van der Waals surface area (Å²) in [6.07, 6.45) is 0.142. The first-order valence-corrected chi connectivity index (χ1v) is 9.82. The quantitative estimate of drug-likeness (QED) is 0.538. The number of carbonyl (C=O) groups excluding carboxylic acids is 2. The normalized spacial score (nSPS) is 10.6. The number of carbonyl (C=O) groups is 2. The van der Waals surface area contributed by atoms with Crippen molar-refractivity contribution in [1.82, 2.24) is 21.2 Å². The minimum Gasteiger partial charge on any atom is -0.298 e. The van der Waals surface area contributed by atoms with Crippen molar-refractivity contribution in [1.29, 1.82) is 0 Å². The average Bonchev–Trinajstić information content (AvgIpc) is 3.13. The number of benzene rings is 2. The van der Waals surface area contributed by atoms with Crippen molar-refractivity contribution in [3.05, 3.63) is 87.9 Å². The van der Waals surface area contributed by atoms with E-state index in [1.165, 1.54) is 11.3 Å². The fraction of sp³-hybridized carbons (Fsp3) is 0.190. The summed E-state index contributed by atoms with van der Waals surface area (Å²) in [6.45, 7) is 1.94. The van der Waals surface area contributed by atoms with E-state index in [9.17, 15) is 9.59 Å². The van der Waals surface area contributed by atoms with Gasteiger partial charge in [0.15, 0.2) is 0 Å². The van der Waals surface area contributed by atoms with Crippen LogP contribution in [0.4, 0.5) is 0 Å². The number of rotatable bonds is 7. The zero-order valence-electron chi connectivity index (χ0n) is 15.5. The van der Waals surface area contributed by atoms with E-state index in [2.05, 4.69) is 21.2 Å².